The van der Waals surface area contributed by atoms with Crippen molar-refractivity contribution < 1.29 is 14.3 Å². The molecule has 24 heavy (non-hydrogen) atoms. The Bertz CT molecular complexity index is 639. The number of carbonyl (C=O) groups is 2. The predicted molar refractivity (Wildman–Crippen MR) is 99.3 cm³/mol. The fourth-order valence-electron chi connectivity index (χ4n) is 3.03. The zero-order valence-corrected chi connectivity index (χ0v) is 15.8. The van der Waals surface area contributed by atoms with E-state index in [0.29, 0.717) is 30.9 Å². The standard InChI is InChI=1S/C19H24BrNO3/c1-3-5-13(8-9-18(20)22)14-6-7-15-10-16(19(23)24-4-2)12-21-17(15)11-14/h6-7,11-13,21H,3-5,8-10H2,1-2H3. The van der Waals surface area contributed by atoms with Crippen molar-refractivity contribution in [2.45, 2.75) is 51.9 Å². The molecule has 0 bridgehead atoms. The molecule has 2 rings (SSSR count). The molecule has 0 saturated carbocycles. The smallest absolute Gasteiger partial charge is 0.335 e. The lowest BCUT2D eigenvalue weighted by Gasteiger charge is -2.21. The van der Waals surface area contributed by atoms with Crippen LogP contribution >= 0.6 is 15.9 Å². The highest BCUT2D eigenvalue weighted by molar-refractivity contribution is 9.18. The van der Waals surface area contributed by atoms with Crippen LogP contribution < -0.4 is 5.32 Å². The molecule has 4 nitrogen and oxygen atoms in total. The van der Waals surface area contributed by atoms with E-state index in [-0.39, 0.29) is 10.7 Å². The molecule has 0 aliphatic carbocycles. The van der Waals surface area contributed by atoms with Crippen molar-refractivity contribution >= 4 is 32.3 Å². The van der Waals surface area contributed by atoms with Crippen LogP contribution in [0.1, 0.15) is 56.6 Å². The second kappa shape index (κ2) is 9.02. The Kier molecular flexibility index (Phi) is 7.03. The van der Waals surface area contributed by atoms with Gasteiger partial charge in [0, 0.05) is 24.7 Å². The number of carbonyl (C=O) groups excluding carboxylic acids is 2. The summed E-state index contributed by atoms with van der Waals surface area (Å²) in [5.74, 6) is 0.110. The number of benzene rings is 1. The van der Waals surface area contributed by atoms with Gasteiger partial charge < -0.3 is 10.1 Å². The van der Waals surface area contributed by atoms with Crippen LogP contribution in [0.4, 0.5) is 5.69 Å². The average Bonchev–Trinajstić information content (AvgIpc) is 2.57. The first-order valence-corrected chi connectivity index (χ1v) is 9.28. The van der Waals surface area contributed by atoms with Crippen LogP contribution in [-0.2, 0) is 20.7 Å². The molecular formula is C19H24BrNO3. The Labute approximate surface area is 151 Å². The first-order chi connectivity index (χ1) is 11.5. The fraction of sp³-hybridized carbons (Fsp3) is 0.474. The summed E-state index contributed by atoms with van der Waals surface area (Å²) >= 11 is 3.02. The Morgan fingerprint density at radius 3 is 2.75 bits per heavy atom. The topological polar surface area (TPSA) is 55.4 Å². The predicted octanol–water partition coefficient (Wildman–Crippen LogP) is 4.69. The van der Waals surface area contributed by atoms with Crippen molar-refractivity contribution in [2.24, 2.45) is 0 Å². The van der Waals surface area contributed by atoms with Gasteiger partial charge in [-0.25, -0.2) is 4.79 Å². The van der Waals surface area contributed by atoms with Gasteiger partial charge in [-0.1, -0.05) is 25.5 Å². The quantitative estimate of drug-likeness (QED) is 0.514. The second-order valence-electron chi connectivity index (χ2n) is 6.01. The number of rotatable bonds is 8. The van der Waals surface area contributed by atoms with Gasteiger partial charge in [-0.3, -0.25) is 4.79 Å². The van der Waals surface area contributed by atoms with E-state index in [4.69, 9.17) is 4.74 Å². The third-order valence-corrected chi connectivity index (χ3v) is 4.65. The Balaban J connectivity index is 2.13. The van der Waals surface area contributed by atoms with Gasteiger partial charge in [0.2, 0.25) is 0 Å². The summed E-state index contributed by atoms with van der Waals surface area (Å²) in [5.41, 5.74) is 4.01. The number of hydrogen-bond acceptors (Lipinski definition) is 4. The summed E-state index contributed by atoms with van der Waals surface area (Å²) in [6, 6.07) is 6.34. The minimum absolute atomic E-state index is 0.0571. The van der Waals surface area contributed by atoms with E-state index < -0.39 is 0 Å². The molecular weight excluding hydrogens is 370 g/mol. The zero-order valence-electron chi connectivity index (χ0n) is 14.2. The third-order valence-electron chi connectivity index (χ3n) is 4.25. The van der Waals surface area contributed by atoms with Crippen LogP contribution in [0.3, 0.4) is 0 Å². The van der Waals surface area contributed by atoms with Crippen LogP contribution in [0.15, 0.2) is 30.0 Å². The molecule has 1 aromatic carbocycles. The number of halogens is 1. The SMILES string of the molecule is CCCC(CCC(=O)Br)c1ccc2c(c1)NC=C(C(=O)OCC)C2. The lowest BCUT2D eigenvalue weighted by molar-refractivity contribution is -0.138. The fourth-order valence-corrected chi connectivity index (χ4v) is 3.26. The van der Waals surface area contributed by atoms with Crippen LogP contribution in [-0.4, -0.2) is 17.3 Å². The molecule has 0 saturated heterocycles. The number of ether oxygens (including phenoxy) is 1. The Morgan fingerprint density at radius 1 is 1.29 bits per heavy atom. The number of nitrogens with one attached hydrogen (secondary N) is 1. The average molecular weight is 394 g/mol. The van der Waals surface area contributed by atoms with Crippen LogP contribution in [0.2, 0.25) is 0 Å². The Morgan fingerprint density at radius 2 is 2.08 bits per heavy atom. The van der Waals surface area contributed by atoms with E-state index in [9.17, 15) is 9.59 Å². The number of fused-ring (bicyclic) bond motifs is 1. The maximum Gasteiger partial charge on any atom is 0.335 e. The van der Waals surface area contributed by atoms with Crippen molar-refractivity contribution in [1.29, 1.82) is 0 Å². The maximum absolute atomic E-state index is 11.9. The third kappa shape index (κ3) is 4.94. The van der Waals surface area contributed by atoms with Crippen molar-refractivity contribution in [2.75, 3.05) is 11.9 Å². The van der Waals surface area contributed by atoms with E-state index in [2.05, 4.69) is 46.4 Å². The minimum atomic E-state index is -0.264. The van der Waals surface area contributed by atoms with Crippen LogP contribution in [0.5, 0.6) is 0 Å². The molecule has 0 fully saturated rings. The summed E-state index contributed by atoms with van der Waals surface area (Å²) < 4.78 is 5.12. The molecule has 130 valence electrons. The first-order valence-electron chi connectivity index (χ1n) is 8.49. The largest absolute Gasteiger partial charge is 0.463 e. The normalized spacial score (nSPS) is 14.2. The molecule has 1 N–H and O–H groups in total. The molecule has 0 amide bonds. The van der Waals surface area contributed by atoms with E-state index in [0.717, 1.165) is 30.5 Å². The molecule has 1 aliphatic heterocycles. The minimum Gasteiger partial charge on any atom is -0.463 e. The van der Waals surface area contributed by atoms with Gasteiger partial charge >= 0.3 is 5.97 Å². The van der Waals surface area contributed by atoms with Crippen molar-refractivity contribution in [3.63, 3.8) is 0 Å². The first kappa shape index (κ1) is 18.7. The van der Waals surface area contributed by atoms with Crippen LogP contribution in [0, 0.1) is 0 Å². The Hall–Kier alpha value is -1.62. The number of anilines is 1. The molecule has 1 aliphatic rings. The van der Waals surface area contributed by atoms with Gasteiger partial charge in [0.25, 0.3) is 0 Å². The molecule has 0 spiro atoms. The molecule has 1 unspecified atom stereocenters. The van der Waals surface area contributed by atoms with Crippen molar-refractivity contribution in [1.82, 2.24) is 0 Å². The maximum atomic E-state index is 11.9. The van der Waals surface area contributed by atoms with E-state index >= 15 is 0 Å². The van der Waals surface area contributed by atoms with Crippen molar-refractivity contribution in [3.05, 3.63) is 41.1 Å². The molecule has 0 radical (unpaired) electrons. The summed E-state index contributed by atoms with van der Waals surface area (Å²) in [5, 5.41) is 3.22. The molecule has 1 atom stereocenters. The number of esters is 1. The zero-order chi connectivity index (χ0) is 17.5. The van der Waals surface area contributed by atoms with Gasteiger partial charge in [0.15, 0.2) is 4.69 Å². The van der Waals surface area contributed by atoms with E-state index in [1.807, 2.05) is 0 Å². The lowest BCUT2D eigenvalue weighted by Crippen LogP contribution is -2.16. The molecule has 1 aromatic rings. The highest BCUT2D eigenvalue weighted by atomic mass is 79.9. The van der Waals surface area contributed by atoms with Gasteiger partial charge in [-0.15, -0.1) is 0 Å². The van der Waals surface area contributed by atoms with Crippen LogP contribution in [0.25, 0.3) is 0 Å². The monoisotopic (exact) mass is 393 g/mol. The number of hydrogen-bond donors (Lipinski definition) is 1. The lowest BCUT2D eigenvalue weighted by atomic mass is 9.88. The van der Waals surface area contributed by atoms with Gasteiger partial charge in [-0.2, -0.15) is 0 Å². The molecule has 5 heteroatoms. The highest BCUT2D eigenvalue weighted by Gasteiger charge is 2.19. The summed E-state index contributed by atoms with van der Waals surface area (Å²) in [7, 11) is 0. The summed E-state index contributed by atoms with van der Waals surface area (Å²) in [6.45, 7) is 4.35. The van der Waals surface area contributed by atoms with Gasteiger partial charge in [0.05, 0.1) is 12.2 Å². The van der Waals surface area contributed by atoms with E-state index in [1.165, 1.54) is 5.56 Å². The summed E-state index contributed by atoms with van der Waals surface area (Å²) in [6.07, 6.45) is 5.85. The van der Waals surface area contributed by atoms with Gasteiger partial charge in [-0.05, 0) is 58.8 Å². The van der Waals surface area contributed by atoms with E-state index in [1.54, 1.807) is 13.1 Å². The second-order valence-corrected chi connectivity index (χ2v) is 6.89. The molecule has 0 aromatic heterocycles. The summed E-state index contributed by atoms with van der Waals surface area (Å²) in [4.78, 5) is 23.1. The molecule has 1 heterocycles. The van der Waals surface area contributed by atoms with Crippen molar-refractivity contribution in [3.8, 4) is 0 Å². The van der Waals surface area contributed by atoms with Gasteiger partial charge in [0.1, 0.15) is 0 Å². The highest BCUT2D eigenvalue weighted by Crippen LogP contribution is 2.32.